The van der Waals surface area contributed by atoms with Crippen molar-refractivity contribution >= 4 is 11.8 Å². The molecule has 0 aliphatic rings. The summed E-state index contributed by atoms with van der Waals surface area (Å²) in [5.74, 6) is 0.720. The van der Waals surface area contributed by atoms with E-state index in [2.05, 4.69) is 5.32 Å². The Morgan fingerprint density at radius 1 is 1.05 bits per heavy atom. The number of amides is 1. The number of benzene rings is 2. The molecule has 0 spiro atoms. The van der Waals surface area contributed by atoms with E-state index in [1.165, 1.54) is 0 Å². The molecule has 0 radical (unpaired) electrons. The predicted molar refractivity (Wildman–Crippen MR) is 82.7 cm³/mol. The number of hydrogen-bond donors (Lipinski definition) is 1. The molecule has 0 aromatic heterocycles. The van der Waals surface area contributed by atoms with Crippen LogP contribution in [0.1, 0.15) is 16.7 Å². The van der Waals surface area contributed by atoms with E-state index in [0.717, 1.165) is 22.4 Å². The van der Waals surface area contributed by atoms with Crippen LogP contribution in [0.5, 0.6) is 5.75 Å². The summed E-state index contributed by atoms with van der Waals surface area (Å²) in [6.07, 6.45) is -0.485. The van der Waals surface area contributed by atoms with Crippen LogP contribution in [0.15, 0.2) is 42.5 Å². The third kappa shape index (κ3) is 4.24. The molecule has 110 valence electrons. The van der Waals surface area contributed by atoms with Gasteiger partial charge in [-0.2, -0.15) is 0 Å². The summed E-state index contributed by atoms with van der Waals surface area (Å²) in [6.45, 7) is 4.14. The van der Waals surface area contributed by atoms with Crippen LogP contribution in [0.4, 0.5) is 10.5 Å². The molecule has 0 unspecified atom stereocenters. The van der Waals surface area contributed by atoms with Crippen LogP contribution >= 0.6 is 0 Å². The number of carbonyl (C=O) groups excluding carboxylic acids is 1. The minimum absolute atomic E-state index is 0.168. The number of hydrogen-bond acceptors (Lipinski definition) is 3. The van der Waals surface area contributed by atoms with E-state index in [-0.39, 0.29) is 6.61 Å². The third-order valence-electron chi connectivity index (χ3n) is 3.10. The zero-order chi connectivity index (χ0) is 15.2. The van der Waals surface area contributed by atoms with Crippen molar-refractivity contribution in [2.75, 3.05) is 12.4 Å². The smallest absolute Gasteiger partial charge is 0.411 e. The number of rotatable bonds is 4. The van der Waals surface area contributed by atoms with E-state index in [0.29, 0.717) is 5.69 Å². The topological polar surface area (TPSA) is 47.6 Å². The van der Waals surface area contributed by atoms with Gasteiger partial charge in [0.1, 0.15) is 12.4 Å². The van der Waals surface area contributed by atoms with Gasteiger partial charge in [-0.15, -0.1) is 0 Å². The van der Waals surface area contributed by atoms with Gasteiger partial charge >= 0.3 is 6.09 Å². The van der Waals surface area contributed by atoms with E-state index in [1.54, 1.807) is 7.11 Å². The van der Waals surface area contributed by atoms with E-state index in [9.17, 15) is 4.79 Å². The summed E-state index contributed by atoms with van der Waals surface area (Å²) < 4.78 is 10.5. The Balaban J connectivity index is 1.93. The predicted octanol–water partition coefficient (Wildman–Crippen LogP) is 4.06. The van der Waals surface area contributed by atoms with Gasteiger partial charge in [-0.1, -0.05) is 29.8 Å². The van der Waals surface area contributed by atoms with Crippen LogP contribution in [-0.2, 0) is 11.3 Å². The standard InChI is InChI=1S/C17H19NO3/c1-12-5-8-15(9-6-12)18-17(19)21-11-14-7-4-13(2)10-16(14)20-3/h4-10H,11H2,1-3H3,(H,18,19). The Kier molecular flexibility index (Phi) is 4.82. The second-order valence-electron chi connectivity index (χ2n) is 4.88. The van der Waals surface area contributed by atoms with Crippen molar-refractivity contribution in [1.82, 2.24) is 0 Å². The molecule has 0 saturated carbocycles. The largest absolute Gasteiger partial charge is 0.496 e. The Labute approximate surface area is 124 Å². The number of methoxy groups -OCH3 is 1. The fourth-order valence-electron chi connectivity index (χ4n) is 1.91. The maximum Gasteiger partial charge on any atom is 0.411 e. The molecular weight excluding hydrogens is 266 g/mol. The quantitative estimate of drug-likeness (QED) is 0.921. The summed E-state index contributed by atoms with van der Waals surface area (Å²) in [4.78, 5) is 11.8. The lowest BCUT2D eigenvalue weighted by Crippen LogP contribution is -2.13. The lowest BCUT2D eigenvalue weighted by molar-refractivity contribution is 0.154. The Bertz CT molecular complexity index is 620. The van der Waals surface area contributed by atoms with Gasteiger partial charge in [0.05, 0.1) is 7.11 Å². The zero-order valence-corrected chi connectivity index (χ0v) is 12.5. The molecule has 0 atom stereocenters. The van der Waals surface area contributed by atoms with Crippen LogP contribution in [-0.4, -0.2) is 13.2 Å². The molecule has 1 N–H and O–H groups in total. The second kappa shape index (κ2) is 6.79. The molecule has 4 heteroatoms. The monoisotopic (exact) mass is 285 g/mol. The number of carbonyl (C=O) groups is 1. The lowest BCUT2D eigenvalue weighted by atomic mass is 10.1. The van der Waals surface area contributed by atoms with Crippen molar-refractivity contribution in [3.63, 3.8) is 0 Å². The average molecular weight is 285 g/mol. The van der Waals surface area contributed by atoms with Crippen LogP contribution < -0.4 is 10.1 Å². The van der Waals surface area contributed by atoms with Gasteiger partial charge in [0.15, 0.2) is 0 Å². The van der Waals surface area contributed by atoms with Gasteiger partial charge in [-0.25, -0.2) is 4.79 Å². The second-order valence-corrected chi connectivity index (χ2v) is 4.88. The molecule has 2 rings (SSSR count). The first kappa shape index (κ1) is 14.9. The van der Waals surface area contributed by atoms with E-state index < -0.39 is 6.09 Å². The first-order chi connectivity index (χ1) is 10.1. The number of anilines is 1. The molecular formula is C17H19NO3. The van der Waals surface area contributed by atoms with Crippen molar-refractivity contribution in [2.45, 2.75) is 20.5 Å². The fraction of sp³-hybridized carbons (Fsp3) is 0.235. The normalized spacial score (nSPS) is 10.0. The summed E-state index contributed by atoms with van der Waals surface area (Å²) >= 11 is 0. The number of aryl methyl sites for hydroxylation is 2. The van der Waals surface area contributed by atoms with Crippen molar-refractivity contribution in [1.29, 1.82) is 0 Å². The fourth-order valence-corrected chi connectivity index (χ4v) is 1.91. The van der Waals surface area contributed by atoms with E-state index >= 15 is 0 Å². The van der Waals surface area contributed by atoms with Gasteiger partial charge < -0.3 is 9.47 Å². The maximum atomic E-state index is 11.8. The summed E-state index contributed by atoms with van der Waals surface area (Å²) in [5.41, 5.74) is 3.78. The van der Waals surface area contributed by atoms with Gasteiger partial charge in [0.2, 0.25) is 0 Å². The molecule has 4 nitrogen and oxygen atoms in total. The minimum atomic E-state index is -0.485. The SMILES string of the molecule is COc1cc(C)ccc1COC(=O)Nc1ccc(C)cc1. The highest BCUT2D eigenvalue weighted by Crippen LogP contribution is 2.21. The highest BCUT2D eigenvalue weighted by atomic mass is 16.5. The lowest BCUT2D eigenvalue weighted by Gasteiger charge is -2.11. The van der Waals surface area contributed by atoms with Gasteiger partial charge in [0, 0.05) is 11.3 Å². The number of nitrogens with one attached hydrogen (secondary N) is 1. The van der Waals surface area contributed by atoms with E-state index in [1.807, 2.05) is 56.3 Å². The molecule has 2 aromatic carbocycles. The Morgan fingerprint density at radius 2 is 1.71 bits per heavy atom. The van der Waals surface area contributed by atoms with Crippen LogP contribution in [0.3, 0.4) is 0 Å². The summed E-state index contributed by atoms with van der Waals surface area (Å²) in [5, 5.41) is 2.69. The van der Waals surface area contributed by atoms with Crippen molar-refractivity contribution in [3.05, 3.63) is 59.2 Å². The molecule has 21 heavy (non-hydrogen) atoms. The molecule has 0 aliphatic heterocycles. The molecule has 0 bridgehead atoms. The first-order valence-corrected chi connectivity index (χ1v) is 6.72. The highest BCUT2D eigenvalue weighted by molar-refractivity contribution is 5.84. The average Bonchev–Trinajstić information content (AvgIpc) is 2.48. The molecule has 0 saturated heterocycles. The molecule has 0 fully saturated rings. The number of ether oxygens (including phenoxy) is 2. The molecule has 1 amide bonds. The Morgan fingerprint density at radius 3 is 2.38 bits per heavy atom. The molecule has 0 heterocycles. The molecule has 0 aliphatic carbocycles. The van der Waals surface area contributed by atoms with Gasteiger partial charge in [-0.05, 0) is 37.6 Å². The van der Waals surface area contributed by atoms with E-state index in [4.69, 9.17) is 9.47 Å². The van der Waals surface area contributed by atoms with Gasteiger partial charge in [0.25, 0.3) is 0 Å². The zero-order valence-electron chi connectivity index (χ0n) is 12.5. The third-order valence-corrected chi connectivity index (χ3v) is 3.10. The van der Waals surface area contributed by atoms with Crippen LogP contribution in [0.25, 0.3) is 0 Å². The summed E-state index contributed by atoms with van der Waals surface area (Å²) in [7, 11) is 1.60. The van der Waals surface area contributed by atoms with Crippen LogP contribution in [0.2, 0.25) is 0 Å². The van der Waals surface area contributed by atoms with Crippen LogP contribution in [0, 0.1) is 13.8 Å². The summed E-state index contributed by atoms with van der Waals surface area (Å²) in [6, 6.07) is 13.3. The van der Waals surface area contributed by atoms with Crippen molar-refractivity contribution in [3.8, 4) is 5.75 Å². The van der Waals surface area contributed by atoms with Crippen molar-refractivity contribution < 1.29 is 14.3 Å². The minimum Gasteiger partial charge on any atom is -0.496 e. The van der Waals surface area contributed by atoms with Crippen molar-refractivity contribution in [2.24, 2.45) is 0 Å². The first-order valence-electron chi connectivity index (χ1n) is 6.72. The van der Waals surface area contributed by atoms with Gasteiger partial charge in [-0.3, -0.25) is 5.32 Å². The Hall–Kier alpha value is -2.49. The molecule has 2 aromatic rings. The maximum absolute atomic E-state index is 11.8. The highest BCUT2D eigenvalue weighted by Gasteiger charge is 2.07.